The Morgan fingerprint density at radius 2 is 1.61 bits per heavy atom. The number of rotatable bonds is 15. The number of nitrogens with zero attached hydrogens (tertiary/aromatic N) is 2. The molecule has 0 atom stereocenters. The molecule has 0 bridgehead atoms. The number of methoxy groups -OCH3 is 1. The molecule has 0 saturated heterocycles. The molecule has 0 saturated carbocycles. The monoisotopic (exact) mass is 604 g/mol. The predicted octanol–water partition coefficient (Wildman–Crippen LogP) is 6.13. The lowest BCUT2D eigenvalue weighted by atomic mass is 10.0. The maximum absolute atomic E-state index is 13.0. The lowest BCUT2D eigenvalue weighted by molar-refractivity contribution is -0.141. The highest BCUT2D eigenvalue weighted by Gasteiger charge is 2.15. The van der Waals surface area contributed by atoms with Gasteiger partial charge in [0.15, 0.2) is 0 Å². The van der Waals surface area contributed by atoms with Crippen molar-refractivity contribution in [2.24, 2.45) is 0 Å². The third kappa shape index (κ3) is 12.0. The van der Waals surface area contributed by atoms with Crippen LogP contribution in [0, 0.1) is 0 Å². The molecule has 236 valence electrons. The number of pyridine rings is 2. The van der Waals surface area contributed by atoms with Gasteiger partial charge in [-0.05, 0) is 75.4 Å². The molecule has 0 unspecified atom stereocenters. The third-order valence-electron chi connectivity index (χ3n) is 6.83. The number of unbranched alkanes of at least 4 members (excludes halogenated alkanes) is 6. The average molecular weight is 605 g/mol. The summed E-state index contributed by atoms with van der Waals surface area (Å²) < 4.78 is 11.1. The van der Waals surface area contributed by atoms with Crippen LogP contribution in [0.2, 0.25) is 0 Å². The Balaban J connectivity index is 1.43. The van der Waals surface area contributed by atoms with Gasteiger partial charge in [-0.2, -0.15) is 0 Å². The molecule has 0 radical (unpaired) electrons. The summed E-state index contributed by atoms with van der Waals surface area (Å²) in [6.07, 6.45) is 13.4. The highest BCUT2D eigenvalue weighted by molar-refractivity contribution is 6.04. The number of aromatic nitrogens is 2. The van der Waals surface area contributed by atoms with E-state index in [0.717, 1.165) is 55.2 Å². The quantitative estimate of drug-likeness (QED) is 0.158. The zero-order valence-electron chi connectivity index (χ0n) is 26.2. The van der Waals surface area contributed by atoms with Gasteiger partial charge in [-0.3, -0.25) is 19.4 Å². The molecule has 1 aromatic carbocycles. The highest BCUT2D eigenvalue weighted by atomic mass is 16.6. The number of carbonyl (C=O) groups excluding carboxylic acids is 3. The Morgan fingerprint density at radius 1 is 0.886 bits per heavy atom. The highest BCUT2D eigenvalue weighted by Crippen LogP contribution is 2.22. The first-order chi connectivity index (χ1) is 21.0. The van der Waals surface area contributed by atoms with Gasteiger partial charge in [0.25, 0.3) is 11.5 Å². The summed E-state index contributed by atoms with van der Waals surface area (Å²) >= 11 is 0. The SMILES string of the molecule is COC(=O)Cn1cc(NC(=O)c2cccc(-c3cncc(CCCCCCCCCNC(=O)OC(C)(C)C)c3)c2)ccc1=O. The number of benzene rings is 1. The molecule has 3 aromatic rings. The normalized spacial score (nSPS) is 11.1. The Kier molecular flexibility index (Phi) is 13.1. The molecule has 0 aliphatic rings. The zero-order valence-corrected chi connectivity index (χ0v) is 26.2. The van der Waals surface area contributed by atoms with E-state index in [4.69, 9.17) is 4.74 Å². The first-order valence-corrected chi connectivity index (χ1v) is 15.1. The molecule has 0 spiro atoms. The molecular formula is C34H44N4O6. The minimum absolute atomic E-state index is 0.242. The molecule has 2 aromatic heterocycles. The van der Waals surface area contributed by atoms with Crippen molar-refractivity contribution in [3.8, 4) is 11.1 Å². The molecule has 0 fully saturated rings. The van der Waals surface area contributed by atoms with Gasteiger partial charge < -0.3 is 24.7 Å². The number of ether oxygens (including phenoxy) is 2. The summed E-state index contributed by atoms with van der Waals surface area (Å²) in [6.45, 7) is 5.96. The average Bonchev–Trinajstić information content (AvgIpc) is 2.99. The van der Waals surface area contributed by atoms with Crippen LogP contribution in [0.5, 0.6) is 0 Å². The number of amides is 2. The van der Waals surface area contributed by atoms with Crippen LogP contribution < -0.4 is 16.2 Å². The van der Waals surface area contributed by atoms with Crippen molar-refractivity contribution in [1.29, 1.82) is 0 Å². The minimum Gasteiger partial charge on any atom is -0.468 e. The minimum atomic E-state index is -0.558. The van der Waals surface area contributed by atoms with Gasteiger partial charge in [0, 0.05) is 42.3 Å². The number of hydrogen-bond acceptors (Lipinski definition) is 7. The Bertz CT molecular complexity index is 1460. The summed E-state index contributed by atoms with van der Waals surface area (Å²) in [5.41, 5.74) is 2.97. The smallest absolute Gasteiger partial charge is 0.407 e. The second-order valence-electron chi connectivity index (χ2n) is 11.7. The van der Waals surface area contributed by atoms with Gasteiger partial charge in [-0.1, -0.05) is 44.2 Å². The van der Waals surface area contributed by atoms with Crippen molar-refractivity contribution in [3.05, 3.63) is 82.5 Å². The first-order valence-electron chi connectivity index (χ1n) is 15.1. The third-order valence-corrected chi connectivity index (χ3v) is 6.83. The standard InChI is InChI=1S/C34H44N4O6/c1-34(2,3)44-33(42)36-18-11-9-7-5-6-8-10-13-25-19-28(22-35-21-25)26-14-12-15-27(20-26)32(41)37-29-16-17-30(39)38(23-29)24-31(40)43-4/h12,14-17,19-23H,5-11,13,18,24H2,1-4H3,(H,36,42)(H,37,41). The number of anilines is 1. The Hall–Kier alpha value is -4.47. The van der Waals surface area contributed by atoms with Crippen molar-refractivity contribution in [3.63, 3.8) is 0 Å². The van der Waals surface area contributed by atoms with Crippen molar-refractivity contribution in [2.75, 3.05) is 19.0 Å². The molecule has 0 aliphatic heterocycles. The molecule has 2 amide bonds. The van der Waals surface area contributed by atoms with Crippen LogP contribution in [-0.4, -0.2) is 46.8 Å². The first kappa shape index (κ1) is 34.0. The van der Waals surface area contributed by atoms with Crippen LogP contribution in [-0.2, 0) is 27.2 Å². The molecule has 10 nitrogen and oxygen atoms in total. The van der Waals surface area contributed by atoms with E-state index in [1.807, 2.05) is 45.2 Å². The van der Waals surface area contributed by atoms with Gasteiger partial charge in [0.05, 0.1) is 12.8 Å². The summed E-state index contributed by atoms with van der Waals surface area (Å²) in [4.78, 5) is 52.7. The van der Waals surface area contributed by atoms with E-state index in [1.165, 1.54) is 42.8 Å². The fourth-order valence-electron chi connectivity index (χ4n) is 4.60. The van der Waals surface area contributed by atoms with Crippen molar-refractivity contribution < 1.29 is 23.9 Å². The van der Waals surface area contributed by atoms with Crippen LogP contribution in [0.1, 0.15) is 81.6 Å². The molecule has 10 heteroatoms. The van der Waals surface area contributed by atoms with Crippen LogP contribution >= 0.6 is 0 Å². The second-order valence-corrected chi connectivity index (χ2v) is 11.7. The van der Waals surface area contributed by atoms with Crippen LogP contribution in [0.4, 0.5) is 10.5 Å². The summed E-state index contributed by atoms with van der Waals surface area (Å²) in [6, 6.07) is 12.2. The molecule has 44 heavy (non-hydrogen) atoms. The second kappa shape index (κ2) is 17.0. The molecule has 0 aliphatic carbocycles. The number of carbonyl (C=O) groups is 3. The summed E-state index contributed by atoms with van der Waals surface area (Å²) in [7, 11) is 1.25. The van der Waals surface area contributed by atoms with E-state index in [9.17, 15) is 19.2 Å². The van der Waals surface area contributed by atoms with E-state index < -0.39 is 11.6 Å². The van der Waals surface area contributed by atoms with Gasteiger partial charge in [0.2, 0.25) is 0 Å². The maximum Gasteiger partial charge on any atom is 0.407 e. The van der Waals surface area contributed by atoms with E-state index in [-0.39, 0.29) is 24.1 Å². The fraction of sp³-hybridized carbons (Fsp3) is 0.441. The number of aryl methyl sites for hydroxylation is 1. The summed E-state index contributed by atoms with van der Waals surface area (Å²) in [5.74, 6) is -0.893. The maximum atomic E-state index is 13.0. The predicted molar refractivity (Wildman–Crippen MR) is 171 cm³/mol. The van der Waals surface area contributed by atoms with Crippen LogP contribution in [0.15, 0.2) is 65.8 Å². The number of esters is 1. The zero-order chi connectivity index (χ0) is 32.0. The molecule has 2 N–H and O–H groups in total. The van der Waals surface area contributed by atoms with Crippen LogP contribution in [0.3, 0.4) is 0 Å². The lowest BCUT2D eigenvalue weighted by Gasteiger charge is -2.19. The van der Waals surface area contributed by atoms with Crippen molar-refractivity contribution in [2.45, 2.75) is 84.3 Å². The van der Waals surface area contributed by atoms with Gasteiger partial charge >= 0.3 is 12.1 Å². The number of alkyl carbamates (subject to hydrolysis) is 1. The molecule has 2 heterocycles. The van der Waals surface area contributed by atoms with E-state index >= 15 is 0 Å². The van der Waals surface area contributed by atoms with E-state index in [0.29, 0.717) is 17.8 Å². The van der Waals surface area contributed by atoms with Gasteiger partial charge in [-0.15, -0.1) is 0 Å². The summed E-state index contributed by atoms with van der Waals surface area (Å²) in [5, 5.41) is 5.59. The number of nitrogens with one attached hydrogen (secondary N) is 2. The Morgan fingerprint density at radius 3 is 2.34 bits per heavy atom. The van der Waals surface area contributed by atoms with Crippen molar-refractivity contribution >= 4 is 23.7 Å². The topological polar surface area (TPSA) is 129 Å². The van der Waals surface area contributed by atoms with E-state index in [2.05, 4.69) is 26.4 Å². The molecule has 3 rings (SSSR count). The van der Waals surface area contributed by atoms with Crippen LogP contribution in [0.25, 0.3) is 11.1 Å². The number of hydrogen-bond donors (Lipinski definition) is 2. The van der Waals surface area contributed by atoms with Crippen molar-refractivity contribution in [1.82, 2.24) is 14.9 Å². The van der Waals surface area contributed by atoms with Gasteiger partial charge in [0.1, 0.15) is 12.1 Å². The fourth-order valence-corrected chi connectivity index (χ4v) is 4.60. The van der Waals surface area contributed by atoms with Gasteiger partial charge in [-0.25, -0.2) is 4.79 Å². The lowest BCUT2D eigenvalue weighted by Crippen LogP contribution is -2.32. The largest absolute Gasteiger partial charge is 0.468 e. The Labute approximate surface area is 259 Å². The molecular weight excluding hydrogens is 560 g/mol. The van der Waals surface area contributed by atoms with E-state index in [1.54, 1.807) is 12.3 Å².